The van der Waals surface area contributed by atoms with Gasteiger partial charge < -0.3 is 9.64 Å². The molecule has 212 valence electrons. The Morgan fingerprint density at radius 3 is 1.90 bits per heavy atom. The first-order chi connectivity index (χ1) is 19.2. The molecule has 1 aliphatic carbocycles. The number of carbonyl (C=O) groups is 1. The number of rotatable bonds is 19. The van der Waals surface area contributed by atoms with Gasteiger partial charge in [0, 0.05) is 29.6 Å². The Kier molecular flexibility index (Phi) is 14.6. The number of unbranched alkanes of at least 4 members (excludes halogenated alkanes) is 15. The SMILES string of the molecule is CCCCCCCCCCCCCCCCCCN1C=CC(=CC=C2C=CC=C(OC)C2=O)c2ccccc21. The van der Waals surface area contributed by atoms with E-state index in [0.717, 1.165) is 12.1 Å². The zero-order chi connectivity index (χ0) is 27.5. The third kappa shape index (κ3) is 10.7. The summed E-state index contributed by atoms with van der Waals surface area (Å²) < 4.78 is 5.18. The van der Waals surface area contributed by atoms with Gasteiger partial charge in [-0.2, -0.15) is 0 Å². The van der Waals surface area contributed by atoms with Gasteiger partial charge in [-0.3, -0.25) is 4.79 Å². The van der Waals surface area contributed by atoms with Crippen LogP contribution >= 0.6 is 0 Å². The molecule has 0 saturated heterocycles. The lowest BCUT2D eigenvalue weighted by molar-refractivity contribution is -0.114. The van der Waals surface area contributed by atoms with Gasteiger partial charge >= 0.3 is 0 Å². The van der Waals surface area contributed by atoms with Crippen LogP contribution in [0, 0.1) is 0 Å². The van der Waals surface area contributed by atoms with Gasteiger partial charge in [-0.25, -0.2) is 0 Å². The second-order valence-corrected chi connectivity index (χ2v) is 11.0. The van der Waals surface area contributed by atoms with Crippen molar-refractivity contribution in [3.8, 4) is 0 Å². The predicted octanol–water partition coefficient (Wildman–Crippen LogP) is 10.3. The summed E-state index contributed by atoms with van der Waals surface area (Å²) >= 11 is 0. The van der Waals surface area contributed by atoms with Gasteiger partial charge in [-0.1, -0.05) is 146 Å². The number of anilines is 1. The Labute approximate surface area is 238 Å². The molecule has 0 fully saturated rings. The Hall–Kier alpha value is -2.81. The van der Waals surface area contributed by atoms with Crippen LogP contribution in [0.1, 0.15) is 115 Å². The molecule has 0 radical (unpaired) electrons. The highest BCUT2D eigenvalue weighted by molar-refractivity contribution is 6.10. The van der Waals surface area contributed by atoms with E-state index in [2.05, 4.69) is 48.4 Å². The number of hydrogen-bond acceptors (Lipinski definition) is 3. The van der Waals surface area contributed by atoms with E-state index in [1.807, 2.05) is 24.3 Å². The third-order valence-corrected chi connectivity index (χ3v) is 7.88. The van der Waals surface area contributed by atoms with E-state index in [-0.39, 0.29) is 5.78 Å². The van der Waals surface area contributed by atoms with Crippen molar-refractivity contribution in [2.45, 2.75) is 110 Å². The summed E-state index contributed by atoms with van der Waals surface area (Å²) in [6.45, 7) is 3.34. The molecule has 1 heterocycles. The summed E-state index contributed by atoms with van der Waals surface area (Å²) in [5, 5.41) is 0. The van der Waals surface area contributed by atoms with Crippen LogP contribution in [0.25, 0.3) is 5.57 Å². The van der Waals surface area contributed by atoms with Crippen LogP contribution in [-0.4, -0.2) is 19.4 Å². The van der Waals surface area contributed by atoms with Gasteiger partial charge in [0.2, 0.25) is 5.78 Å². The van der Waals surface area contributed by atoms with Crippen molar-refractivity contribution in [3.05, 3.63) is 83.8 Å². The monoisotopic (exact) mass is 529 g/mol. The minimum absolute atomic E-state index is 0.0740. The number of ether oxygens (including phenoxy) is 1. The molecule has 0 aromatic heterocycles. The Bertz CT molecular complexity index is 1030. The predicted molar refractivity (Wildman–Crippen MR) is 168 cm³/mol. The van der Waals surface area contributed by atoms with Crippen molar-refractivity contribution in [1.82, 2.24) is 0 Å². The highest BCUT2D eigenvalue weighted by Crippen LogP contribution is 2.33. The first-order valence-corrected chi connectivity index (χ1v) is 15.7. The van der Waals surface area contributed by atoms with Crippen molar-refractivity contribution >= 4 is 17.0 Å². The standard InChI is InChI=1S/C36H51NO2/c1-3-4-5-6-7-8-9-10-11-12-13-14-15-16-17-20-29-37-30-28-31(33-23-18-19-24-34(33)37)26-27-32-22-21-25-35(39-2)36(32)38/h18-19,21-28,30H,3-17,20,29H2,1-2H3. The lowest BCUT2D eigenvalue weighted by atomic mass is 9.97. The normalized spacial score (nSPS) is 16.7. The van der Waals surface area contributed by atoms with Crippen LogP contribution in [0.4, 0.5) is 5.69 Å². The number of nitrogens with zero attached hydrogens (tertiary/aromatic N) is 1. The van der Waals surface area contributed by atoms with Gasteiger partial charge in [-0.05, 0) is 30.2 Å². The molecule has 1 aromatic rings. The maximum Gasteiger partial charge on any atom is 0.227 e. The van der Waals surface area contributed by atoms with Gasteiger partial charge in [0.25, 0.3) is 0 Å². The number of hydrogen-bond donors (Lipinski definition) is 0. The van der Waals surface area contributed by atoms with Crippen molar-refractivity contribution in [3.63, 3.8) is 0 Å². The molecule has 2 aliphatic rings. The molecule has 0 atom stereocenters. The van der Waals surface area contributed by atoms with Crippen LogP contribution in [0.3, 0.4) is 0 Å². The third-order valence-electron chi connectivity index (χ3n) is 7.88. The molecule has 0 amide bonds. The van der Waals surface area contributed by atoms with Crippen LogP contribution in [0.15, 0.2) is 78.3 Å². The van der Waals surface area contributed by atoms with E-state index in [9.17, 15) is 4.79 Å². The lowest BCUT2D eigenvalue weighted by Gasteiger charge is -2.27. The quantitative estimate of drug-likeness (QED) is 0.132. The fourth-order valence-corrected chi connectivity index (χ4v) is 5.48. The van der Waals surface area contributed by atoms with Crippen LogP contribution in [0.2, 0.25) is 0 Å². The number of benzene rings is 1. The van der Waals surface area contributed by atoms with E-state index in [0.29, 0.717) is 11.3 Å². The Balaban J connectivity index is 1.31. The van der Waals surface area contributed by atoms with Crippen LogP contribution < -0.4 is 4.90 Å². The molecule has 0 N–H and O–H groups in total. The maximum absolute atomic E-state index is 12.5. The number of methoxy groups -OCH3 is 1. The fourth-order valence-electron chi connectivity index (χ4n) is 5.48. The summed E-state index contributed by atoms with van der Waals surface area (Å²) in [6.07, 6.45) is 36.0. The van der Waals surface area contributed by atoms with Crippen molar-refractivity contribution < 1.29 is 9.53 Å². The second-order valence-electron chi connectivity index (χ2n) is 11.0. The molecular formula is C36H51NO2. The van der Waals surface area contributed by atoms with E-state index < -0.39 is 0 Å². The second kappa shape index (κ2) is 18.5. The van der Waals surface area contributed by atoms with E-state index in [4.69, 9.17) is 4.74 Å². The highest BCUT2D eigenvalue weighted by atomic mass is 16.5. The van der Waals surface area contributed by atoms with Crippen molar-refractivity contribution in [2.75, 3.05) is 18.6 Å². The van der Waals surface area contributed by atoms with Gasteiger partial charge in [-0.15, -0.1) is 0 Å². The minimum Gasteiger partial charge on any atom is -0.493 e. The van der Waals surface area contributed by atoms with Crippen molar-refractivity contribution in [2.24, 2.45) is 0 Å². The van der Waals surface area contributed by atoms with Crippen LogP contribution in [-0.2, 0) is 9.53 Å². The van der Waals surface area contributed by atoms with E-state index in [1.165, 1.54) is 121 Å². The maximum atomic E-state index is 12.5. The summed E-state index contributed by atoms with van der Waals surface area (Å²) in [5.41, 5.74) is 4.22. The summed E-state index contributed by atoms with van der Waals surface area (Å²) in [5.74, 6) is 0.307. The smallest absolute Gasteiger partial charge is 0.227 e. The number of para-hydroxylation sites is 1. The first-order valence-electron chi connectivity index (χ1n) is 15.7. The summed E-state index contributed by atoms with van der Waals surface area (Å²) in [6, 6.07) is 8.56. The molecular weight excluding hydrogens is 478 g/mol. The number of allylic oxidation sites excluding steroid dienone is 8. The average molecular weight is 530 g/mol. The van der Waals surface area contributed by atoms with E-state index >= 15 is 0 Å². The summed E-state index contributed by atoms with van der Waals surface area (Å²) in [7, 11) is 1.53. The molecule has 1 aliphatic heterocycles. The molecule has 39 heavy (non-hydrogen) atoms. The fraction of sp³-hybridized carbons (Fsp3) is 0.528. The molecule has 0 saturated carbocycles. The van der Waals surface area contributed by atoms with Gasteiger partial charge in [0.05, 0.1) is 7.11 Å². The average Bonchev–Trinajstić information content (AvgIpc) is 2.97. The largest absolute Gasteiger partial charge is 0.493 e. The molecule has 1 aromatic carbocycles. The number of ketones is 1. The molecule has 3 heteroatoms. The number of Topliss-reactive ketones (excluding diaryl/α,β-unsaturated/α-hetero) is 1. The minimum atomic E-state index is -0.0740. The number of carbonyl (C=O) groups excluding carboxylic acids is 1. The topological polar surface area (TPSA) is 29.5 Å². The molecule has 3 nitrogen and oxygen atoms in total. The number of fused-ring (bicyclic) bond motifs is 1. The summed E-state index contributed by atoms with van der Waals surface area (Å²) in [4.78, 5) is 14.9. The van der Waals surface area contributed by atoms with Crippen LogP contribution in [0.5, 0.6) is 0 Å². The molecule has 0 bridgehead atoms. The molecule has 0 spiro atoms. The zero-order valence-corrected chi connectivity index (χ0v) is 24.6. The Morgan fingerprint density at radius 2 is 1.28 bits per heavy atom. The highest BCUT2D eigenvalue weighted by Gasteiger charge is 2.17. The zero-order valence-electron chi connectivity index (χ0n) is 24.6. The van der Waals surface area contributed by atoms with Crippen molar-refractivity contribution in [1.29, 1.82) is 0 Å². The Morgan fingerprint density at radius 1 is 0.718 bits per heavy atom. The lowest BCUT2D eigenvalue weighted by Crippen LogP contribution is -2.21. The molecule has 3 rings (SSSR count). The van der Waals surface area contributed by atoms with Gasteiger partial charge in [0.15, 0.2) is 5.76 Å². The van der Waals surface area contributed by atoms with E-state index in [1.54, 1.807) is 6.08 Å². The van der Waals surface area contributed by atoms with Gasteiger partial charge in [0.1, 0.15) is 0 Å². The molecule has 0 unspecified atom stereocenters. The first kappa shape index (κ1) is 30.7.